The molecule has 10 heteroatoms. The first-order valence-electron chi connectivity index (χ1n) is 10.4. The molecule has 0 aliphatic carbocycles. The number of nitrogens with one attached hydrogen (secondary N) is 2. The lowest BCUT2D eigenvalue weighted by Gasteiger charge is -2.25. The molecule has 0 saturated carbocycles. The van der Waals surface area contributed by atoms with Crippen molar-refractivity contribution < 1.29 is 13.2 Å². The van der Waals surface area contributed by atoms with Crippen LogP contribution < -0.4 is 20.7 Å². The molecule has 2 N–H and O–H groups in total. The average molecular weight is 481 g/mol. The molecular formula is C24H24N4O5S. The fraction of sp³-hybridized carbons (Fsp3) is 0.208. The quantitative estimate of drug-likeness (QED) is 0.378. The van der Waals surface area contributed by atoms with Crippen LogP contribution in [0, 0.1) is 0 Å². The zero-order valence-corrected chi connectivity index (χ0v) is 20.0. The molecule has 0 atom stereocenters. The highest BCUT2D eigenvalue weighted by Gasteiger charge is 2.25. The molecule has 34 heavy (non-hydrogen) atoms. The summed E-state index contributed by atoms with van der Waals surface area (Å²) >= 11 is 0. The van der Waals surface area contributed by atoms with E-state index in [1.807, 2.05) is 39.0 Å². The molecule has 2 aromatic carbocycles. The highest BCUT2D eigenvalue weighted by molar-refractivity contribution is 7.73. The Hall–Kier alpha value is -3.92. The Morgan fingerprint density at radius 3 is 2.32 bits per heavy atom. The van der Waals surface area contributed by atoms with E-state index >= 15 is 0 Å². The number of hydrogen-bond donors (Lipinski definition) is 3. The zero-order chi connectivity index (χ0) is 24.6. The Bertz CT molecular complexity index is 1570. The monoisotopic (exact) mass is 480 g/mol. The number of methoxy groups -OCH3 is 1. The van der Waals surface area contributed by atoms with Gasteiger partial charge in [0.15, 0.2) is 0 Å². The predicted molar refractivity (Wildman–Crippen MR) is 133 cm³/mol. The molecule has 0 unspecified atom stereocenters. The van der Waals surface area contributed by atoms with E-state index in [1.165, 1.54) is 16.8 Å². The van der Waals surface area contributed by atoms with Crippen molar-refractivity contribution in [2.24, 2.45) is 0 Å². The Kier molecular flexibility index (Phi) is 6.01. The molecule has 0 radical (unpaired) electrons. The molecule has 4 aromatic rings. The maximum atomic E-state index is 12.6. The number of pyridine rings is 1. The maximum absolute atomic E-state index is 12.6. The smallest absolute Gasteiger partial charge is 0.332 e. The first-order valence-corrected chi connectivity index (χ1v) is 11.6. The lowest BCUT2D eigenvalue weighted by molar-refractivity contribution is 0.401. The molecule has 4 rings (SSSR count). The van der Waals surface area contributed by atoms with Crippen molar-refractivity contribution in [2.45, 2.75) is 26.2 Å². The van der Waals surface area contributed by atoms with Crippen LogP contribution in [-0.4, -0.2) is 30.1 Å². The van der Waals surface area contributed by atoms with Gasteiger partial charge in [-0.3, -0.25) is 19.1 Å². The van der Waals surface area contributed by atoms with E-state index in [2.05, 4.69) is 9.71 Å². The van der Waals surface area contributed by atoms with Crippen molar-refractivity contribution in [3.8, 4) is 22.7 Å². The normalized spacial score (nSPS) is 11.7. The van der Waals surface area contributed by atoms with Gasteiger partial charge in [0.2, 0.25) is 10.9 Å². The largest absolute Gasteiger partial charge is 0.494 e. The second-order valence-corrected chi connectivity index (χ2v) is 9.48. The van der Waals surface area contributed by atoms with Crippen LogP contribution in [0.1, 0.15) is 26.3 Å². The van der Waals surface area contributed by atoms with Gasteiger partial charge >= 0.3 is 5.69 Å². The number of thiol groups is 1. The van der Waals surface area contributed by atoms with Gasteiger partial charge in [-0.15, -0.1) is 0 Å². The van der Waals surface area contributed by atoms with E-state index in [0.29, 0.717) is 33.7 Å². The summed E-state index contributed by atoms with van der Waals surface area (Å²) < 4.78 is 31.3. The SMILES string of the molecule is COc1c(C(C)(C)C)cc(-n2ccc(=O)[nH]c2=O)c2ccc(-c3ccc(N[SH](=O)=O)cc3)nc12. The third kappa shape index (κ3) is 4.44. The van der Waals surface area contributed by atoms with Crippen molar-refractivity contribution in [3.05, 3.63) is 81.1 Å². The van der Waals surface area contributed by atoms with Gasteiger partial charge in [0, 0.05) is 34.5 Å². The van der Waals surface area contributed by atoms with Crippen LogP contribution in [0.5, 0.6) is 5.75 Å². The van der Waals surface area contributed by atoms with E-state index in [9.17, 15) is 18.0 Å². The van der Waals surface area contributed by atoms with Gasteiger partial charge in [-0.2, -0.15) is 0 Å². The highest BCUT2D eigenvalue weighted by Crippen LogP contribution is 2.40. The van der Waals surface area contributed by atoms with Crippen LogP contribution in [0.15, 0.2) is 64.3 Å². The van der Waals surface area contributed by atoms with Crippen LogP contribution in [0.3, 0.4) is 0 Å². The summed E-state index contributed by atoms with van der Waals surface area (Å²) in [5, 5.41) is 0.671. The van der Waals surface area contributed by atoms with Gasteiger partial charge < -0.3 is 4.74 Å². The molecule has 176 valence electrons. The number of H-pyrrole nitrogens is 1. The molecule has 0 amide bonds. The van der Waals surface area contributed by atoms with E-state index in [1.54, 1.807) is 31.4 Å². The molecule has 0 fully saturated rings. The van der Waals surface area contributed by atoms with E-state index in [4.69, 9.17) is 9.72 Å². The summed E-state index contributed by atoms with van der Waals surface area (Å²) in [6.45, 7) is 6.10. The molecule has 0 aliphatic heterocycles. The Labute approximate surface area is 197 Å². The van der Waals surface area contributed by atoms with Gasteiger partial charge in [-0.25, -0.2) is 18.2 Å². The second-order valence-electron chi connectivity index (χ2n) is 8.75. The first-order chi connectivity index (χ1) is 16.1. The summed E-state index contributed by atoms with van der Waals surface area (Å²) in [4.78, 5) is 31.4. The highest BCUT2D eigenvalue weighted by atomic mass is 32.2. The summed E-state index contributed by atoms with van der Waals surface area (Å²) in [5.41, 5.74) is 2.49. The Morgan fingerprint density at radius 2 is 1.74 bits per heavy atom. The third-order valence-electron chi connectivity index (χ3n) is 5.41. The summed E-state index contributed by atoms with van der Waals surface area (Å²) in [6, 6.07) is 13.7. The zero-order valence-electron chi connectivity index (χ0n) is 19.1. The van der Waals surface area contributed by atoms with Crippen molar-refractivity contribution >= 4 is 27.5 Å². The van der Waals surface area contributed by atoms with Crippen molar-refractivity contribution in [3.63, 3.8) is 0 Å². The number of ether oxygens (including phenoxy) is 1. The van der Waals surface area contributed by atoms with E-state index < -0.39 is 22.1 Å². The molecule has 9 nitrogen and oxygen atoms in total. The minimum Gasteiger partial charge on any atom is -0.494 e. The first kappa shape index (κ1) is 23.2. The van der Waals surface area contributed by atoms with Crippen LogP contribution in [0.4, 0.5) is 5.69 Å². The van der Waals surface area contributed by atoms with Crippen LogP contribution in [-0.2, 0) is 16.3 Å². The molecule has 0 spiro atoms. The molecule has 0 aliphatic rings. The fourth-order valence-corrected chi connectivity index (χ4v) is 4.16. The van der Waals surface area contributed by atoms with Gasteiger partial charge in [0.25, 0.3) is 5.56 Å². The van der Waals surface area contributed by atoms with E-state index in [0.717, 1.165) is 11.1 Å². The fourth-order valence-electron chi connectivity index (χ4n) is 3.80. The van der Waals surface area contributed by atoms with Crippen LogP contribution >= 0.6 is 0 Å². The number of fused-ring (bicyclic) bond motifs is 1. The van der Waals surface area contributed by atoms with Gasteiger partial charge in [0.05, 0.1) is 18.5 Å². The predicted octanol–water partition coefficient (Wildman–Crippen LogP) is 2.99. The molecule has 2 aromatic heterocycles. The summed E-state index contributed by atoms with van der Waals surface area (Å²) in [5.74, 6) is 0.590. The third-order valence-corrected chi connectivity index (χ3v) is 5.85. The number of benzene rings is 2. The lowest BCUT2D eigenvalue weighted by atomic mass is 9.85. The van der Waals surface area contributed by atoms with Crippen LogP contribution in [0.2, 0.25) is 0 Å². The minimum absolute atomic E-state index is 0.333. The Balaban J connectivity index is 2.00. The molecular weight excluding hydrogens is 456 g/mol. The topological polar surface area (TPSA) is 123 Å². The van der Waals surface area contributed by atoms with Gasteiger partial charge in [-0.05, 0) is 35.7 Å². The lowest BCUT2D eigenvalue weighted by Crippen LogP contribution is -2.28. The van der Waals surface area contributed by atoms with Crippen molar-refractivity contribution in [1.82, 2.24) is 14.5 Å². The second kappa shape index (κ2) is 8.79. The molecule has 0 saturated heterocycles. The number of nitrogens with zero attached hydrogens (tertiary/aromatic N) is 2. The maximum Gasteiger partial charge on any atom is 0.332 e. The average Bonchev–Trinajstić information content (AvgIpc) is 2.77. The summed E-state index contributed by atoms with van der Waals surface area (Å²) in [6.07, 6.45) is 1.44. The van der Waals surface area contributed by atoms with Crippen molar-refractivity contribution in [1.29, 1.82) is 0 Å². The van der Waals surface area contributed by atoms with Crippen LogP contribution in [0.25, 0.3) is 27.8 Å². The van der Waals surface area contributed by atoms with Crippen molar-refractivity contribution in [2.75, 3.05) is 11.8 Å². The molecule has 2 heterocycles. The number of hydrogen-bond acceptors (Lipinski definition) is 6. The van der Waals surface area contributed by atoms with Gasteiger partial charge in [0.1, 0.15) is 11.3 Å². The number of rotatable bonds is 5. The summed E-state index contributed by atoms with van der Waals surface area (Å²) in [7, 11) is -1.17. The molecule has 0 bridgehead atoms. The number of aromatic amines is 1. The number of aromatic nitrogens is 3. The van der Waals surface area contributed by atoms with Gasteiger partial charge in [-0.1, -0.05) is 32.9 Å². The minimum atomic E-state index is -2.75. The standard InChI is InChI=1S/C24H24N4O5S/c1-24(2,3)17-13-19(28-12-11-20(29)26-23(28)30)16-9-10-18(25-21(16)22(17)33-4)14-5-7-15(8-6-14)27-34(31)32/h5-13,34H,1-4H3,(H,26,29,30)(H,27,31,32). The number of anilines is 1. The van der Waals surface area contributed by atoms with E-state index in [-0.39, 0.29) is 5.41 Å². The Morgan fingerprint density at radius 1 is 1.03 bits per heavy atom.